The van der Waals surface area contributed by atoms with Crippen molar-refractivity contribution in [3.8, 4) is 0 Å². The maximum atomic E-state index is 10.3. The molecule has 0 radical (unpaired) electrons. The summed E-state index contributed by atoms with van der Waals surface area (Å²) in [6.45, 7) is 0. The fourth-order valence-corrected chi connectivity index (χ4v) is 11.9. The fraction of sp³-hybridized carbons (Fsp3) is 0.556. The third-order valence-electron chi connectivity index (χ3n) is 17.1. The molecular formula is C81H114AlN3O6. The van der Waals surface area contributed by atoms with E-state index < -0.39 is 17.9 Å². The summed E-state index contributed by atoms with van der Waals surface area (Å²) in [7, 11) is 0. The molecular weight excluding hydrogens is 1140 g/mol. The summed E-state index contributed by atoms with van der Waals surface area (Å²) in [5.74, 6) is -2.76. The molecule has 0 spiro atoms. The molecule has 91 heavy (non-hydrogen) atoms. The molecule has 10 heteroatoms. The van der Waals surface area contributed by atoms with Gasteiger partial charge >= 0.3 is 17.4 Å². The van der Waals surface area contributed by atoms with E-state index in [1.807, 2.05) is 36.8 Å². The molecule has 0 aliphatic rings. The minimum Gasteiger partial charge on any atom is -0.550 e. The second-order valence-electron chi connectivity index (χ2n) is 24.9. The molecule has 492 valence electrons. The second-order valence-corrected chi connectivity index (χ2v) is 24.9. The standard InChI is InChI=1S/3C27H39NO2.Al/c3*29-26(30)22-15-13-11-9-7-5-3-1-2-4-6-8-10-12-14-18-24-19-16-20-25-21-17-23-28-27(24)25;/h3*1,3,16-17,19-21,23H,2,4-15,18,22H2,(H,29,30);/q;;;+3/p-3/b3*3-1-;. The van der Waals surface area contributed by atoms with Gasteiger partial charge in [0.25, 0.3) is 0 Å². The topological polar surface area (TPSA) is 159 Å². The molecule has 0 amide bonds. The Kier molecular flexibility index (Phi) is 48.5. The van der Waals surface area contributed by atoms with Crippen molar-refractivity contribution in [2.24, 2.45) is 0 Å². The second kappa shape index (κ2) is 55.7. The monoisotopic (exact) mass is 1250 g/mol. The molecule has 0 aliphatic carbocycles. The number of allylic oxidation sites excluding steroid dienone is 6. The molecule has 0 bridgehead atoms. The Balaban J connectivity index is 0.000000354. The molecule has 0 N–H and O–H groups in total. The molecule has 6 aromatic rings. The molecule has 0 unspecified atom stereocenters. The molecule has 0 saturated carbocycles. The number of carboxylic acid groups (broad SMARTS) is 3. The van der Waals surface area contributed by atoms with Crippen LogP contribution in [0.3, 0.4) is 0 Å². The van der Waals surface area contributed by atoms with Crippen LogP contribution in [0.25, 0.3) is 32.7 Å². The maximum Gasteiger partial charge on any atom is 3.00 e. The van der Waals surface area contributed by atoms with Crippen molar-refractivity contribution in [1.29, 1.82) is 0 Å². The Morgan fingerprint density at radius 3 is 0.692 bits per heavy atom. The number of nitrogens with zero attached hydrogens (tertiary/aromatic N) is 3. The third kappa shape index (κ3) is 41.3. The molecule has 3 heterocycles. The van der Waals surface area contributed by atoms with E-state index in [1.165, 1.54) is 223 Å². The van der Waals surface area contributed by atoms with Gasteiger partial charge in [-0.2, -0.15) is 0 Å². The summed E-state index contributed by atoms with van der Waals surface area (Å²) >= 11 is 0. The van der Waals surface area contributed by atoms with Crippen molar-refractivity contribution < 1.29 is 29.7 Å². The minimum absolute atomic E-state index is 0. The molecule has 0 atom stereocenters. The zero-order chi connectivity index (χ0) is 63.8. The number of para-hydroxylation sites is 3. The van der Waals surface area contributed by atoms with Crippen LogP contribution in [0.4, 0.5) is 0 Å². The Labute approximate surface area is 561 Å². The Morgan fingerprint density at radius 1 is 0.264 bits per heavy atom. The first kappa shape index (κ1) is 79.3. The Morgan fingerprint density at radius 2 is 0.462 bits per heavy atom. The predicted molar refractivity (Wildman–Crippen MR) is 378 cm³/mol. The smallest absolute Gasteiger partial charge is 0.550 e. The van der Waals surface area contributed by atoms with E-state index in [4.69, 9.17) is 0 Å². The van der Waals surface area contributed by atoms with E-state index in [0.29, 0.717) is 0 Å². The average Bonchev–Trinajstić information content (AvgIpc) is 1.96. The van der Waals surface area contributed by atoms with Gasteiger partial charge in [0.15, 0.2) is 0 Å². The van der Waals surface area contributed by atoms with Crippen LogP contribution < -0.4 is 15.3 Å². The SMILES string of the molecule is O=C([O-])CCCCCCC/C=C\CCCCCCCCc1cccc2cccnc12.O=C([O-])CCCCCCC/C=C\CCCCCCCCc1cccc2cccnc12.O=C([O-])CCCCCCC/C=C\CCCCCCCCc1cccc2cccnc12.[Al+3]. The van der Waals surface area contributed by atoms with Crippen molar-refractivity contribution in [3.05, 3.63) is 163 Å². The minimum atomic E-state index is -0.920. The third-order valence-corrected chi connectivity index (χ3v) is 17.1. The van der Waals surface area contributed by atoms with Crippen LogP contribution in [0.5, 0.6) is 0 Å². The normalized spacial score (nSPS) is 11.3. The van der Waals surface area contributed by atoms with Gasteiger partial charge in [-0.3, -0.25) is 15.0 Å². The number of carboxylic acids is 3. The van der Waals surface area contributed by atoms with Crippen molar-refractivity contribution in [2.75, 3.05) is 0 Å². The number of carbonyl (C=O) groups excluding carboxylic acids is 3. The number of fused-ring (bicyclic) bond motifs is 3. The summed E-state index contributed by atoms with van der Waals surface area (Å²) in [6.07, 6.45) is 70.3. The van der Waals surface area contributed by atoms with Crippen LogP contribution in [0.15, 0.2) is 146 Å². The number of hydrogen-bond donors (Lipinski definition) is 0. The average molecular weight is 1250 g/mol. The van der Waals surface area contributed by atoms with Crippen LogP contribution in [-0.4, -0.2) is 50.2 Å². The van der Waals surface area contributed by atoms with Crippen molar-refractivity contribution >= 4 is 68.0 Å². The number of aryl methyl sites for hydroxylation is 3. The number of hydrogen-bond acceptors (Lipinski definition) is 9. The molecule has 0 fully saturated rings. The fourth-order valence-electron chi connectivity index (χ4n) is 11.9. The zero-order valence-electron chi connectivity index (χ0n) is 56.0. The van der Waals surface area contributed by atoms with Crippen LogP contribution >= 0.6 is 0 Å². The summed E-state index contributed by atoms with van der Waals surface area (Å²) < 4.78 is 0. The van der Waals surface area contributed by atoms with Crippen LogP contribution in [0.1, 0.15) is 286 Å². The van der Waals surface area contributed by atoms with Gasteiger partial charge in [0.1, 0.15) is 0 Å². The summed E-state index contributed by atoms with van der Waals surface area (Å²) in [5, 5.41) is 34.7. The zero-order valence-corrected chi connectivity index (χ0v) is 57.2. The number of aromatic nitrogens is 3. The predicted octanol–water partition coefficient (Wildman–Crippen LogP) is 19.3. The van der Waals surface area contributed by atoms with Crippen LogP contribution in [0, 0.1) is 0 Å². The Hall–Kier alpha value is -5.95. The molecule has 3 aromatic carbocycles. The quantitative estimate of drug-likeness (QED) is 0.0206. The molecule has 3 aromatic heterocycles. The van der Waals surface area contributed by atoms with Gasteiger partial charge in [-0.15, -0.1) is 0 Å². The van der Waals surface area contributed by atoms with Crippen molar-refractivity contribution in [1.82, 2.24) is 15.0 Å². The van der Waals surface area contributed by atoms with E-state index in [-0.39, 0.29) is 36.6 Å². The van der Waals surface area contributed by atoms with Crippen molar-refractivity contribution in [3.63, 3.8) is 0 Å². The van der Waals surface area contributed by atoms with Gasteiger partial charge < -0.3 is 29.7 Å². The van der Waals surface area contributed by atoms with E-state index >= 15 is 0 Å². The van der Waals surface area contributed by atoms with Gasteiger partial charge in [0.2, 0.25) is 0 Å². The number of pyridine rings is 3. The summed E-state index contributed by atoms with van der Waals surface area (Å²) in [6, 6.07) is 32.0. The van der Waals surface area contributed by atoms with Crippen LogP contribution in [-0.2, 0) is 33.6 Å². The van der Waals surface area contributed by atoms with Gasteiger partial charge in [-0.05, 0) is 189 Å². The molecule has 0 aliphatic heterocycles. The summed E-state index contributed by atoms with van der Waals surface area (Å²) in [5.41, 5.74) is 7.66. The molecule has 9 nitrogen and oxygen atoms in total. The van der Waals surface area contributed by atoms with Gasteiger partial charge in [0, 0.05) is 52.7 Å². The first-order chi connectivity index (χ1) is 44.3. The first-order valence-electron chi connectivity index (χ1n) is 35.8. The van der Waals surface area contributed by atoms with E-state index in [2.05, 4.69) is 124 Å². The van der Waals surface area contributed by atoms with Gasteiger partial charge in [-0.1, -0.05) is 244 Å². The van der Waals surface area contributed by atoms with Gasteiger partial charge in [0.05, 0.1) is 16.6 Å². The number of unbranched alkanes of at least 4 members (excludes halogenated alkanes) is 33. The largest absolute Gasteiger partial charge is 3.00 e. The number of rotatable bonds is 51. The van der Waals surface area contributed by atoms with Gasteiger partial charge in [-0.25, -0.2) is 0 Å². The maximum absolute atomic E-state index is 10.3. The van der Waals surface area contributed by atoms with E-state index in [1.54, 1.807) is 0 Å². The first-order valence-corrected chi connectivity index (χ1v) is 35.8. The summed E-state index contributed by atoms with van der Waals surface area (Å²) in [4.78, 5) is 44.6. The number of benzene rings is 3. The van der Waals surface area contributed by atoms with Crippen LogP contribution in [0.2, 0.25) is 0 Å². The van der Waals surface area contributed by atoms with E-state index in [0.717, 1.165) is 96.3 Å². The number of carbonyl (C=O) groups is 3. The number of aliphatic carboxylic acids is 3. The molecule has 6 rings (SSSR count). The molecule has 0 saturated heterocycles. The van der Waals surface area contributed by atoms with Crippen molar-refractivity contribution in [2.45, 2.75) is 289 Å². The Bertz CT molecular complexity index is 2560. The van der Waals surface area contributed by atoms with E-state index in [9.17, 15) is 29.7 Å².